The average Bonchev–Trinajstić information content (AvgIpc) is 2.86. The summed E-state index contributed by atoms with van der Waals surface area (Å²) in [6.45, 7) is 3.14. The van der Waals surface area contributed by atoms with Crippen molar-refractivity contribution in [3.8, 4) is 0 Å². The molecule has 1 aromatic rings. The van der Waals surface area contributed by atoms with Gasteiger partial charge < -0.3 is 10.6 Å². The summed E-state index contributed by atoms with van der Waals surface area (Å²) in [7, 11) is 3.65. The Morgan fingerprint density at radius 3 is 2.58 bits per heavy atom. The first kappa shape index (κ1) is 13.9. The molecule has 1 saturated heterocycles. The van der Waals surface area contributed by atoms with Crippen LogP contribution in [0.15, 0.2) is 24.3 Å². The van der Waals surface area contributed by atoms with E-state index < -0.39 is 0 Å². The van der Waals surface area contributed by atoms with E-state index in [9.17, 15) is 4.79 Å². The lowest BCUT2D eigenvalue weighted by atomic mass is 10.1. The molecule has 19 heavy (non-hydrogen) atoms. The summed E-state index contributed by atoms with van der Waals surface area (Å²) < 4.78 is 0. The van der Waals surface area contributed by atoms with Crippen molar-refractivity contribution >= 4 is 11.6 Å². The van der Waals surface area contributed by atoms with Crippen LogP contribution in [0.4, 0.5) is 5.69 Å². The second kappa shape index (κ2) is 5.61. The number of anilines is 1. The molecule has 1 aliphatic heterocycles. The number of nitrogens with zero attached hydrogens (tertiary/aromatic N) is 2. The van der Waals surface area contributed by atoms with Crippen molar-refractivity contribution in [1.82, 2.24) is 9.80 Å². The van der Waals surface area contributed by atoms with Crippen LogP contribution in [0.3, 0.4) is 0 Å². The van der Waals surface area contributed by atoms with Crippen molar-refractivity contribution in [2.24, 2.45) is 0 Å². The second-order valence-corrected chi connectivity index (χ2v) is 5.47. The highest BCUT2D eigenvalue weighted by Crippen LogP contribution is 2.30. The summed E-state index contributed by atoms with van der Waals surface area (Å²) in [5, 5.41) is 0. The van der Waals surface area contributed by atoms with E-state index in [-0.39, 0.29) is 18.0 Å². The Morgan fingerprint density at radius 1 is 1.37 bits per heavy atom. The summed E-state index contributed by atoms with van der Waals surface area (Å²) in [6.07, 6.45) is 2.04. The molecule has 1 amide bonds. The van der Waals surface area contributed by atoms with Gasteiger partial charge in [0.2, 0.25) is 5.91 Å². The predicted molar refractivity (Wildman–Crippen MR) is 77.7 cm³/mol. The van der Waals surface area contributed by atoms with Crippen molar-refractivity contribution in [2.75, 3.05) is 26.4 Å². The molecule has 2 rings (SSSR count). The Kier molecular flexibility index (Phi) is 4.10. The monoisotopic (exact) mass is 261 g/mol. The number of amides is 1. The molecule has 0 aliphatic carbocycles. The maximum absolute atomic E-state index is 12.2. The number of carbonyl (C=O) groups excluding carboxylic acids is 1. The van der Waals surface area contributed by atoms with E-state index in [0.29, 0.717) is 0 Å². The maximum atomic E-state index is 12.2. The fraction of sp³-hybridized carbons (Fsp3) is 0.533. The lowest BCUT2D eigenvalue weighted by Gasteiger charge is -2.31. The van der Waals surface area contributed by atoms with Crippen molar-refractivity contribution < 1.29 is 4.79 Å². The molecule has 0 bridgehead atoms. The standard InChI is InChI=1S/C15H23N3O/c1-11(12-6-8-13(16)9-7-12)18-10-4-5-14(18)15(19)17(2)3/h6-9,11,14H,4-5,10,16H2,1-3H3. The van der Waals surface area contributed by atoms with Crippen LogP contribution in [-0.2, 0) is 4.79 Å². The Bertz CT molecular complexity index is 441. The molecule has 1 aromatic carbocycles. The largest absolute Gasteiger partial charge is 0.399 e. The summed E-state index contributed by atoms with van der Waals surface area (Å²) in [5.74, 6) is 0.208. The number of hydrogen-bond acceptors (Lipinski definition) is 3. The second-order valence-electron chi connectivity index (χ2n) is 5.47. The van der Waals surface area contributed by atoms with Crippen LogP contribution in [0.1, 0.15) is 31.4 Å². The molecule has 1 aliphatic rings. The van der Waals surface area contributed by atoms with E-state index >= 15 is 0 Å². The molecule has 2 atom stereocenters. The van der Waals surface area contributed by atoms with Gasteiger partial charge in [0, 0.05) is 25.8 Å². The van der Waals surface area contributed by atoms with Crippen LogP contribution in [0.5, 0.6) is 0 Å². The van der Waals surface area contributed by atoms with Crippen molar-refractivity contribution in [3.05, 3.63) is 29.8 Å². The van der Waals surface area contributed by atoms with Crippen LogP contribution >= 0.6 is 0 Å². The molecule has 104 valence electrons. The summed E-state index contributed by atoms with van der Waals surface area (Å²) in [6, 6.07) is 8.21. The minimum atomic E-state index is 0.0163. The van der Waals surface area contributed by atoms with Crippen LogP contribution in [0.2, 0.25) is 0 Å². The molecule has 4 heteroatoms. The van der Waals surface area contributed by atoms with Crippen molar-refractivity contribution in [3.63, 3.8) is 0 Å². The van der Waals surface area contributed by atoms with Crippen LogP contribution < -0.4 is 5.73 Å². The van der Waals surface area contributed by atoms with Gasteiger partial charge in [-0.05, 0) is 44.0 Å². The summed E-state index contributed by atoms with van der Waals surface area (Å²) in [5.41, 5.74) is 7.71. The van der Waals surface area contributed by atoms with Crippen LogP contribution in [0.25, 0.3) is 0 Å². The first-order valence-electron chi connectivity index (χ1n) is 6.83. The molecule has 2 N–H and O–H groups in total. The van der Waals surface area contributed by atoms with E-state index in [2.05, 4.69) is 24.0 Å². The normalized spacial score (nSPS) is 21.3. The first-order chi connectivity index (χ1) is 9.00. The third kappa shape index (κ3) is 2.89. The molecule has 2 unspecified atom stereocenters. The number of rotatable bonds is 3. The smallest absolute Gasteiger partial charge is 0.239 e. The molecule has 1 heterocycles. The van der Waals surface area contributed by atoms with E-state index in [1.807, 2.05) is 26.2 Å². The fourth-order valence-electron chi connectivity index (χ4n) is 2.78. The number of nitrogen functional groups attached to an aromatic ring is 1. The third-order valence-electron chi connectivity index (χ3n) is 3.94. The molecular formula is C15H23N3O. The highest BCUT2D eigenvalue weighted by atomic mass is 16.2. The Morgan fingerprint density at radius 2 is 2.00 bits per heavy atom. The SMILES string of the molecule is CC(c1ccc(N)cc1)N1CCCC1C(=O)N(C)C. The van der Waals surface area contributed by atoms with E-state index in [1.54, 1.807) is 4.90 Å². The predicted octanol–water partition coefficient (Wildman–Crippen LogP) is 1.88. The number of likely N-dealkylation sites (N-methyl/N-ethyl adjacent to an activating group) is 1. The van der Waals surface area contributed by atoms with E-state index in [4.69, 9.17) is 5.73 Å². The third-order valence-corrected chi connectivity index (χ3v) is 3.94. The minimum absolute atomic E-state index is 0.0163. The lowest BCUT2D eigenvalue weighted by molar-refractivity contribution is -0.134. The van der Waals surface area contributed by atoms with Gasteiger partial charge in [0.1, 0.15) is 0 Å². The number of hydrogen-bond donors (Lipinski definition) is 1. The van der Waals surface area contributed by atoms with Gasteiger partial charge in [-0.25, -0.2) is 0 Å². The molecule has 0 spiro atoms. The Hall–Kier alpha value is -1.55. The van der Waals surface area contributed by atoms with Gasteiger partial charge in [0.05, 0.1) is 6.04 Å². The maximum Gasteiger partial charge on any atom is 0.239 e. The average molecular weight is 261 g/mol. The zero-order valence-corrected chi connectivity index (χ0v) is 12.0. The Labute approximate surface area is 115 Å². The molecule has 0 saturated carbocycles. The van der Waals surface area contributed by atoms with Gasteiger partial charge in [-0.1, -0.05) is 12.1 Å². The van der Waals surface area contributed by atoms with Gasteiger partial charge in [-0.3, -0.25) is 9.69 Å². The zero-order chi connectivity index (χ0) is 14.0. The highest BCUT2D eigenvalue weighted by molar-refractivity contribution is 5.81. The van der Waals surface area contributed by atoms with Crippen LogP contribution in [0, 0.1) is 0 Å². The van der Waals surface area contributed by atoms with Crippen molar-refractivity contribution in [2.45, 2.75) is 31.8 Å². The van der Waals surface area contributed by atoms with Gasteiger partial charge in [-0.2, -0.15) is 0 Å². The van der Waals surface area contributed by atoms with Gasteiger partial charge >= 0.3 is 0 Å². The number of carbonyl (C=O) groups is 1. The van der Waals surface area contributed by atoms with Gasteiger partial charge in [-0.15, -0.1) is 0 Å². The van der Waals surface area contributed by atoms with Gasteiger partial charge in [0.25, 0.3) is 0 Å². The molecule has 4 nitrogen and oxygen atoms in total. The first-order valence-corrected chi connectivity index (χ1v) is 6.83. The fourth-order valence-corrected chi connectivity index (χ4v) is 2.78. The number of likely N-dealkylation sites (tertiary alicyclic amines) is 1. The quantitative estimate of drug-likeness (QED) is 0.845. The zero-order valence-electron chi connectivity index (χ0n) is 12.0. The van der Waals surface area contributed by atoms with Gasteiger partial charge in [0.15, 0.2) is 0 Å². The van der Waals surface area contributed by atoms with E-state index in [1.165, 1.54) is 5.56 Å². The van der Waals surface area contributed by atoms with Crippen LogP contribution in [-0.4, -0.2) is 42.4 Å². The van der Waals surface area contributed by atoms with Crippen molar-refractivity contribution in [1.29, 1.82) is 0 Å². The van der Waals surface area contributed by atoms with E-state index in [0.717, 1.165) is 25.1 Å². The Balaban J connectivity index is 2.15. The lowest BCUT2D eigenvalue weighted by Crippen LogP contribution is -2.43. The number of benzene rings is 1. The summed E-state index contributed by atoms with van der Waals surface area (Å²) in [4.78, 5) is 16.2. The highest BCUT2D eigenvalue weighted by Gasteiger charge is 2.34. The number of nitrogens with two attached hydrogens (primary N) is 1. The minimum Gasteiger partial charge on any atom is -0.399 e. The molecular weight excluding hydrogens is 238 g/mol. The molecule has 0 aromatic heterocycles. The molecule has 0 radical (unpaired) electrons. The topological polar surface area (TPSA) is 49.6 Å². The summed E-state index contributed by atoms with van der Waals surface area (Å²) >= 11 is 0. The molecule has 1 fully saturated rings.